The highest BCUT2D eigenvalue weighted by Crippen LogP contribution is 2.25. The number of amides is 1. The standard InChI is InChI=1S/C20H26N6O2/c21-18(28)17-11-23-20(26-19(17)24-14-2-1-3-16(27)9-14)25-15-5-4-13-10-22-7-6-12(13)8-15/h6-7,10-11,14-16,27H,1-5,8-9H2,(H2,21,28)(H2,23,24,25,26)/t14-,15?,16+/m1/s1. The molecular formula is C20H26N6O2. The molecule has 0 aliphatic heterocycles. The number of aliphatic hydroxyl groups is 1. The van der Waals surface area contributed by atoms with Crippen LogP contribution in [0.15, 0.2) is 24.7 Å². The molecule has 2 heterocycles. The molecule has 1 fully saturated rings. The number of anilines is 2. The van der Waals surface area contributed by atoms with Gasteiger partial charge in [-0.25, -0.2) is 4.98 Å². The minimum atomic E-state index is -0.565. The summed E-state index contributed by atoms with van der Waals surface area (Å²) in [7, 11) is 0. The first-order chi connectivity index (χ1) is 13.6. The van der Waals surface area contributed by atoms with E-state index in [9.17, 15) is 9.90 Å². The zero-order valence-corrected chi connectivity index (χ0v) is 15.8. The van der Waals surface area contributed by atoms with E-state index in [0.717, 1.165) is 38.5 Å². The number of aryl methyl sites for hydroxylation is 1. The van der Waals surface area contributed by atoms with E-state index in [4.69, 9.17) is 5.73 Å². The number of primary amides is 1. The van der Waals surface area contributed by atoms with Crippen LogP contribution < -0.4 is 16.4 Å². The molecule has 0 aromatic carbocycles. The maximum absolute atomic E-state index is 11.8. The molecule has 5 N–H and O–H groups in total. The number of carbonyl (C=O) groups excluding carboxylic acids is 1. The second kappa shape index (κ2) is 8.10. The van der Waals surface area contributed by atoms with E-state index in [1.165, 1.54) is 17.3 Å². The Hall–Kier alpha value is -2.74. The number of hydrogen-bond donors (Lipinski definition) is 4. The molecule has 0 bridgehead atoms. The zero-order valence-electron chi connectivity index (χ0n) is 15.8. The monoisotopic (exact) mass is 382 g/mol. The van der Waals surface area contributed by atoms with Gasteiger partial charge in [0.15, 0.2) is 0 Å². The summed E-state index contributed by atoms with van der Waals surface area (Å²) in [6.45, 7) is 0. The average molecular weight is 382 g/mol. The van der Waals surface area contributed by atoms with Crippen LogP contribution in [0.25, 0.3) is 0 Å². The number of carbonyl (C=O) groups is 1. The summed E-state index contributed by atoms with van der Waals surface area (Å²) in [5.41, 5.74) is 8.36. The minimum Gasteiger partial charge on any atom is -0.393 e. The lowest BCUT2D eigenvalue weighted by Crippen LogP contribution is -2.32. The largest absolute Gasteiger partial charge is 0.393 e. The van der Waals surface area contributed by atoms with Crippen LogP contribution in [0.1, 0.15) is 53.6 Å². The fraction of sp³-hybridized carbons (Fsp3) is 0.500. The summed E-state index contributed by atoms with van der Waals surface area (Å²) in [5.74, 6) is 0.348. The van der Waals surface area contributed by atoms with Gasteiger partial charge in [0.05, 0.1) is 11.7 Å². The van der Waals surface area contributed by atoms with Gasteiger partial charge in [0.1, 0.15) is 5.82 Å². The van der Waals surface area contributed by atoms with Gasteiger partial charge in [0, 0.05) is 30.7 Å². The predicted octanol–water partition coefficient (Wildman–Crippen LogP) is 1.66. The van der Waals surface area contributed by atoms with E-state index in [-0.39, 0.29) is 23.8 Å². The quantitative estimate of drug-likeness (QED) is 0.619. The van der Waals surface area contributed by atoms with Gasteiger partial charge >= 0.3 is 0 Å². The second-order valence-electron chi connectivity index (χ2n) is 7.71. The van der Waals surface area contributed by atoms with Crippen LogP contribution in [0, 0.1) is 0 Å². The molecule has 148 valence electrons. The van der Waals surface area contributed by atoms with Crippen molar-refractivity contribution in [3.8, 4) is 0 Å². The highest BCUT2D eigenvalue weighted by molar-refractivity contribution is 5.97. The third kappa shape index (κ3) is 4.22. The van der Waals surface area contributed by atoms with E-state index in [2.05, 4.69) is 31.7 Å². The van der Waals surface area contributed by atoms with Crippen molar-refractivity contribution in [2.75, 3.05) is 10.6 Å². The SMILES string of the molecule is NC(=O)c1cnc(NC2CCc3cnccc3C2)nc1N[C@@H]1CCC[C@H](O)C1. The average Bonchev–Trinajstić information content (AvgIpc) is 2.68. The molecule has 1 amide bonds. The van der Waals surface area contributed by atoms with Gasteiger partial charge in [-0.15, -0.1) is 0 Å². The molecule has 1 unspecified atom stereocenters. The molecule has 8 heteroatoms. The first-order valence-electron chi connectivity index (χ1n) is 9.88. The maximum atomic E-state index is 11.8. The summed E-state index contributed by atoms with van der Waals surface area (Å²) in [5, 5.41) is 16.6. The normalized spacial score (nSPS) is 24.2. The van der Waals surface area contributed by atoms with Crippen molar-refractivity contribution in [2.24, 2.45) is 5.73 Å². The highest BCUT2D eigenvalue weighted by atomic mass is 16.3. The van der Waals surface area contributed by atoms with E-state index in [1.807, 2.05) is 12.4 Å². The Labute approximate surface area is 164 Å². The van der Waals surface area contributed by atoms with Crippen LogP contribution >= 0.6 is 0 Å². The molecule has 0 saturated heterocycles. The number of rotatable bonds is 5. The summed E-state index contributed by atoms with van der Waals surface area (Å²) in [6, 6.07) is 2.35. The molecule has 2 aliphatic rings. The van der Waals surface area contributed by atoms with Gasteiger partial charge in [-0.2, -0.15) is 4.98 Å². The molecule has 1 saturated carbocycles. The Bertz CT molecular complexity index is 858. The number of aliphatic hydroxyl groups excluding tert-OH is 1. The molecule has 3 atom stereocenters. The lowest BCUT2D eigenvalue weighted by molar-refractivity contribution is 0.100. The number of nitrogens with one attached hydrogen (secondary N) is 2. The van der Waals surface area contributed by atoms with Gasteiger partial charge in [-0.05, 0) is 62.1 Å². The first-order valence-corrected chi connectivity index (χ1v) is 9.88. The van der Waals surface area contributed by atoms with Gasteiger partial charge < -0.3 is 21.5 Å². The summed E-state index contributed by atoms with van der Waals surface area (Å²) in [4.78, 5) is 24.8. The van der Waals surface area contributed by atoms with Crippen molar-refractivity contribution in [2.45, 2.75) is 63.1 Å². The third-order valence-electron chi connectivity index (χ3n) is 5.61. The van der Waals surface area contributed by atoms with Gasteiger partial charge in [0.25, 0.3) is 5.91 Å². The van der Waals surface area contributed by atoms with E-state index in [1.54, 1.807) is 0 Å². The molecular weight excluding hydrogens is 356 g/mol. The van der Waals surface area contributed by atoms with Crippen molar-refractivity contribution in [1.29, 1.82) is 0 Å². The third-order valence-corrected chi connectivity index (χ3v) is 5.61. The van der Waals surface area contributed by atoms with Gasteiger partial charge in [-0.1, -0.05) is 0 Å². The molecule has 2 aromatic heterocycles. The van der Waals surface area contributed by atoms with Crippen molar-refractivity contribution in [1.82, 2.24) is 15.0 Å². The Morgan fingerprint density at radius 3 is 2.86 bits per heavy atom. The van der Waals surface area contributed by atoms with Crippen LogP contribution in [0.4, 0.5) is 11.8 Å². The molecule has 8 nitrogen and oxygen atoms in total. The number of aromatic nitrogens is 3. The van der Waals surface area contributed by atoms with Gasteiger partial charge in [0.2, 0.25) is 5.95 Å². The highest BCUT2D eigenvalue weighted by Gasteiger charge is 2.24. The van der Waals surface area contributed by atoms with Crippen LogP contribution in [0.2, 0.25) is 0 Å². The Morgan fingerprint density at radius 1 is 1.14 bits per heavy atom. The van der Waals surface area contributed by atoms with Crippen molar-refractivity contribution >= 4 is 17.7 Å². The number of fused-ring (bicyclic) bond motifs is 1. The minimum absolute atomic E-state index is 0.0682. The fourth-order valence-corrected chi connectivity index (χ4v) is 4.11. The second-order valence-corrected chi connectivity index (χ2v) is 7.71. The lowest BCUT2D eigenvalue weighted by atomic mass is 9.90. The molecule has 28 heavy (non-hydrogen) atoms. The van der Waals surface area contributed by atoms with Crippen LogP contribution in [0.5, 0.6) is 0 Å². The Balaban J connectivity index is 1.49. The smallest absolute Gasteiger partial charge is 0.254 e. The lowest BCUT2D eigenvalue weighted by Gasteiger charge is -2.28. The first kappa shape index (κ1) is 18.6. The van der Waals surface area contributed by atoms with Crippen molar-refractivity contribution in [3.63, 3.8) is 0 Å². The van der Waals surface area contributed by atoms with E-state index in [0.29, 0.717) is 18.2 Å². The Morgan fingerprint density at radius 2 is 2.04 bits per heavy atom. The molecule has 2 aromatic rings. The number of hydrogen-bond acceptors (Lipinski definition) is 7. The molecule has 0 radical (unpaired) electrons. The maximum Gasteiger partial charge on any atom is 0.254 e. The number of nitrogens with zero attached hydrogens (tertiary/aromatic N) is 3. The number of nitrogens with two attached hydrogens (primary N) is 1. The van der Waals surface area contributed by atoms with E-state index >= 15 is 0 Å². The van der Waals surface area contributed by atoms with Crippen LogP contribution in [0.3, 0.4) is 0 Å². The topological polar surface area (TPSA) is 126 Å². The zero-order chi connectivity index (χ0) is 19.5. The van der Waals surface area contributed by atoms with Crippen LogP contribution in [-0.4, -0.2) is 44.2 Å². The predicted molar refractivity (Wildman–Crippen MR) is 106 cm³/mol. The summed E-state index contributed by atoms with van der Waals surface area (Å²) < 4.78 is 0. The van der Waals surface area contributed by atoms with Crippen molar-refractivity contribution in [3.05, 3.63) is 41.3 Å². The number of pyridine rings is 1. The molecule has 0 spiro atoms. The van der Waals surface area contributed by atoms with Gasteiger partial charge in [-0.3, -0.25) is 9.78 Å². The van der Waals surface area contributed by atoms with Crippen molar-refractivity contribution < 1.29 is 9.90 Å². The van der Waals surface area contributed by atoms with Crippen LogP contribution in [-0.2, 0) is 12.8 Å². The van der Waals surface area contributed by atoms with E-state index < -0.39 is 5.91 Å². The fourth-order valence-electron chi connectivity index (χ4n) is 4.11. The summed E-state index contributed by atoms with van der Waals surface area (Å²) in [6.07, 6.45) is 11.0. The molecule has 4 rings (SSSR count). The Kier molecular flexibility index (Phi) is 5.38. The molecule has 2 aliphatic carbocycles. The summed E-state index contributed by atoms with van der Waals surface area (Å²) >= 11 is 0.